The van der Waals surface area contributed by atoms with Crippen LogP contribution in [0.2, 0.25) is 0 Å². The van der Waals surface area contributed by atoms with Crippen molar-refractivity contribution < 1.29 is 5.11 Å². The highest BCUT2D eigenvalue weighted by molar-refractivity contribution is 4.86. The molecule has 0 radical (unpaired) electrons. The Morgan fingerprint density at radius 1 is 0.857 bits per heavy atom. The van der Waals surface area contributed by atoms with E-state index in [0.29, 0.717) is 0 Å². The third-order valence-corrected chi connectivity index (χ3v) is 1.28. The highest BCUT2D eigenvalue weighted by Crippen LogP contribution is 2.07. The Bertz CT molecular complexity index is 267. The Kier molecular flexibility index (Phi) is 5.44. The Morgan fingerprint density at radius 3 is 1.36 bits per heavy atom. The normalized spacial score (nSPS) is 12.6. The molecule has 0 heterocycles. The molecule has 0 aliphatic heterocycles. The van der Waals surface area contributed by atoms with E-state index in [2.05, 4.69) is 30.1 Å². The van der Waals surface area contributed by atoms with Crippen LogP contribution in [0.4, 0.5) is 0 Å². The second kappa shape index (κ2) is 6.41. The van der Waals surface area contributed by atoms with Gasteiger partial charge in [-0.25, -0.2) is 0 Å². The lowest BCUT2D eigenvalue weighted by Crippen LogP contribution is -2.38. The lowest BCUT2D eigenvalue weighted by Gasteiger charge is -2.21. The molecule has 0 atom stereocenters. The van der Waals surface area contributed by atoms with Gasteiger partial charge >= 0.3 is 0 Å². The van der Waals surface area contributed by atoms with E-state index in [0.717, 1.165) is 0 Å². The van der Waals surface area contributed by atoms with E-state index in [4.69, 9.17) is 16.6 Å². The molecule has 0 aliphatic carbocycles. The molecule has 0 rings (SSSR count). The third-order valence-electron chi connectivity index (χ3n) is 1.28. The number of nitrogens with zero attached hydrogens (tertiary/aromatic N) is 9. The maximum atomic E-state index is 9.61. The van der Waals surface area contributed by atoms with Crippen molar-refractivity contribution in [1.29, 1.82) is 0 Å². The molecule has 10 nitrogen and oxygen atoms in total. The van der Waals surface area contributed by atoms with Gasteiger partial charge in [0.25, 0.3) is 0 Å². The van der Waals surface area contributed by atoms with Gasteiger partial charge in [-0.1, -0.05) is 15.3 Å². The first-order valence-electron chi connectivity index (χ1n) is 3.43. The monoisotopic (exact) mass is 197 g/mol. The minimum Gasteiger partial charge on any atom is -0.389 e. The molecule has 0 saturated carbocycles. The number of azide groups is 3. The fraction of sp³-hybridized carbons (Fsp3) is 1.00. The van der Waals surface area contributed by atoms with Crippen LogP contribution < -0.4 is 0 Å². The van der Waals surface area contributed by atoms with Crippen molar-refractivity contribution in [3.8, 4) is 0 Å². The summed E-state index contributed by atoms with van der Waals surface area (Å²) in [6.07, 6.45) is 0. The van der Waals surface area contributed by atoms with Crippen molar-refractivity contribution in [2.24, 2.45) is 15.3 Å². The standard InChI is InChI=1S/C4H7N9O/c5-11-8-1-4(14,2-9-12-6)3-10-13-7/h14H,1-3H2. The first kappa shape index (κ1) is 11.9. The molecular formula is C4H7N9O. The fourth-order valence-corrected chi connectivity index (χ4v) is 0.640. The van der Waals surface area contributed by atoms with E-state index in [-0.39, 0.29) is 19.6 Å². The SMILES string of the molecule is [N-]=[N+]=NCC(O)(CN=[N+]=[N-])CN=[N+]=[N-]. The average molecular weight is 197 g/mol. The molecule has 0 amide bonds. The molecule has 0 spiro atoms. The number of aliphatic hydroxyl groups is 1. The topological polar surface area (TPSA) is 167 Å². The molecular weight excluding hydrogens is 190 g/mol. The number of hydrogen-bond acceptors (Lipinski definition) is 4. The highest BCUT2D eigenvalue weighted by Gasteiger charge is 2.24. The van der Waals surface area contributed by atoms with Crippen LogP contribution in [0.5, 0.6) is 0 Å². The van der Waals surface area contributed by atoms with E-state index >= 15 is 0 Å². The summed E-state index contributed by atoms with van der Waals surface area (Å²) in [5, 5.41) is 19.0. The van der Waals surface area contributed by atoms with Gasteiger partial charge in [-0.2, -0.15) is 0 Å². The van der Waals surface area contributed by atoms with Gasteiger partial charge in [0.1, 0.15) is 0 Å². The first-order chi connectivity index (χ1) is 6.68. The minimum absolute atomic E-state index is 0.318. The summed E-state index contributed by atoms with van der Waals surface area (Å²) in [4.78, 5) is 7.30. The number of hydrogen-bond donors (Lipinski definition) is 1. The van der Waals surface area contributed by atoms with Gasteiger partial charge in [-0.15, -0.1) is 0 Å². The maximum absolute atomic E-state index is 9.61. The predicted molar refractivity (Wildman–Crippen MR) is 47.0 cm³/mol. The van der Waals surface area contributed by atoms with Gasteiger partial charge in [0, 0.05) is 14.7 Å². The zero-order valence-corrected chi connectivity index (χ0v) is 7.09. The summed E-state index contributed by atoms with van der Waals surface area (Å²) in [6, 6.07) is 0. The fourth-order valence-electron chi connectivity index (χ4n) is 0.640. The van der Waals surface area contributed by atoms with Gasteiger partial charge in [-0.3, -0.25) is 0 Å². The van der Waals surface area contributed by atoms with E-state index in [1.165, 1.54) is 0 Å². The lowest BCUT2D eigenvalue weighted by molar-refractivity contribution is 0.0676. The van der Waals surface area contributed by atoms with Gasteiger partial charge in [-0.05, 0) is 16.6 Å². The zero-order chi connectivity index (χ0) is 10.9. The van der Waals surface area contributed by atoms with Gasteiger partial charge < -0.3 is 5.11 Å². The first-order valence-corrected chi connectivity index (χ1v) is 3.43. The second-order valence-corrected chi connectivity index (χ2v) is 2.39. The third kappa shape index (κ3) is 4.70. The van der Waals surface area contributed by atoms with Crippen LogP contribution in [0.25, 0.3) is 31.3 Å². The van der Waals surface area contributed by atoms with Gasteiger partial charge in [0.05, 0.1) is 25.2 Å². The molecule has 1 N–H and O–H groups in total. The van der Waals surface area contributed by atoms with E-state index in [9.17, 15) is 5.11 Å². The van der Waals surface area contributed by atoms with Crippen LogP contribution in [-0.2, 0) is 0 Å². The summed E-state index contributed by atoms with van der Waals surface area (Å²) in [6.45, 7) is -0.954. The summed E-state index contributed by atoms with van der Waals surface area (Å²) >= 11 is 0. The molecule has 0 bridgehead atoms. The van der Waals surface area contributed by atoms with Crippen LogP contribution >= 0.6 is 0 Å². The van der Waals surface area contributed by atoms with Crippen LogP contribution in [0.15, 0.2) is 15.3 Å². The van der Waals surface area contributed by atoms with Gasteiger partial charge in [0.2, 0.25) is 0 Å². The molecule has 0 fully saturated rings. The van der Waals surface area contributed by atoms with Crippen molar-refractivity contribution in [3.05, 3.63) is 31.3 Å². The van der Waals surface area contributed by atoms with Crippen molar-refractivity contribution in [2.75, 3.05) is 19.6 Å². The van der Waals surface area contributed by atoms with Crippen molar-refractivity contribution in [1.82, 2.24) is 0 Å². The molecule has 10 heteroatoms. The Labute approximate surface area is 78.0 Å². The summed E-state index contributed by atoms with van der Waals surface area (Å²) < 4.78 is 0. The second-order valence-electron chi connectivity index (χ2n) is 2.39. The van der Waals surface area contributed by atoms with Crippen molar-refractivity contribution >= 4 is 0 Å². The molecule has 14 heavy (non-hydrogen) atoms. The lowest BCUT2D eigenvalue weighted by atomic mass is 10.1. The summed E-state index contributed by atoms with van der Waals surface area (Å²) in [7, 11) is 0. The zero-order valence-electron chi connectivity index (χ0n) is 7.09. The van der Waals surface area contributed by atoms with Gasteiger partial charge in [0.15, 0.2) is 0 Å². The van der Waals surface area contributed by atoms with E-state index in [1.807, 2.05) is 0 Å². The summed E-state index contributed by atoms with van der Waals surface area (Å²) in [5.74, 6) is 0. The molecule has 0 aromatic heterocycles. The highest BCUT2D eigenvalue weighted by atomic mass is 16.3. The van der Waals surface area contributed by atoms with Crippen LogP contribution in [0.3, 0.4) is 0 Å². The summed E-state index contributed by atoms with van der Waals surface area (Å²) in [5.41, 5.74) is 22.5. The molecule has 0 saturated heterocycles. The van der Waals surface area contributed by atoms with Crippen molar-refractivity contribution in [3.63, 3.8) is 0 Å². The predicted octanol–water partition coefficient (Wildman–Crippen LogP) is 1.65. The van der Waals surface area contributed by atoms with Crippen molar-refractivity contribution in [2.45, 2.75) is 5.60 Å². The molecule has 0 unspecified atom stereocenters. The number of rotatable bonds is 6. The quantitative estimate of drug-likeness (QED) is 0.381. The minimum atomic E-state index is -1.61. The Hall–Kier alpha value is -2.11. The Balaban J connectivity index is 4.53. The molecule has 74 valence electrons. The van der Waals surface area contributed by atoms with E-state index in [1.54, 1.807) is 0 Å². The Morgan fingerprint density at radius 2 is 1.14 bits per heavy atom. The van der Waals surface area contributed by atoms with Crippen LogP contribution in [0, 0.1) is 0 Å². The smallest absolute Gasteiger partial charge is 0.0816 e. The average Bonchev–Trinajstić information content (AvgIpc) is 2.21. The molecule has 0 aliphatic rings. The molecule has 0 aromatic rings. The maximum Gasteiger partial charge on any atom is 0.0816 e. The van der Waals surface area contributed by atoms with Crippen LogP contribution in [0.1, 0.15) is 0 Å². The molecule has 0 aromatic carbocycles. The largest absolute Gasteiger partial charge is 0.389 e. The van der Waals surface area contributed by atoms with Crippen LogP contribution in [-0.4, -0.2) is 30.3 Å². The van der Waals surface area contributed by atoms with E-state index < -0.39 is 5.60 Å².